The van der Waals surface area contributed by atoms with Crippen LogP contribution in [0.15, 0.2) is 29.3 Å². The zero-order valence-electron chi connectivity index (χ0n) is 17.5. The Balaban J connectivity index is 0.00000420. The fourth-order valence-electron chi connectivity index (χ4n) is 2.83. The van der Waals surface area contributed by atoms with E-state index >= 15 is 0 Å². The molecule has 164 valence electrons. The molecule has 0 spiro atoms. The zero-order chi connectivity index (χ0) is 20.0. The molecule has 2 rings (SSSR count). The van der Waals surface area contributed by atoms with Gasteiger partial charge in [-0.15, -0.1) is 24.0 Å². The maximum atomic E-state index is 12.0. The minimum absolute atomic E-state index is 0. The summed E-state index contributed by atoms with van der Waals surface area (Å²) in [7, 11) is 1.76. The molecule has 0 bridgehead atoms. The summed E-state index contributed by atoms with van der Waals surface area (Å²) in [6, 6.07) is 7.65. The van der Waals surface area contributed by atoms with Crippen molar-refractivity contribution < 1.29 is 14.3 Å². The van der Waals surface area contributed by atoms with Gasteiger partial charge in [0.2, 0.25) is 0 Å². The van der Waals surface area contributed by atoms with Gasteiger partial charge in [0.15, 0.2) is 5.96 Å². The molecule has 1 heterocycles. The monoisotopic (exact) mass is 518 g/mol. The molecule has 0 radical (unpaired) electrons. The van der Waals surface area contributed by atoms with Gasteiger partial charge >= 0.3 is 0 Å². The van der Waals surface area contributed by atoms with Crippen molar-refractivity contribution in [2.75, 3.05) is 40.0 Å². The number of nitrogens with one attached hydrogen (secondary N) is 3. The van der Waals surface area contributed by atoms with Gasteiger partial charge in [-0.3, -0.25) is 9.79 Å². The van der Waals surface area contributed by atoms with Crippen LogP contribution < -0.4 is 16.0 Å². The van der Waals surface area contributed by atoms with Crippen LogP contribution in [-0.4, -0.2) is 57.9 Å². The molecule has 1 aromatic carbocycles. The lowest BCUT2D eigenvalue weighted by Crippen LogP contribution is -2.37. The molecule has 1 atom stereocenters. The Hall–Kier alpha value is -1.39. The second-order valence-electron chi connectivity index (χ2n) is 6.87. The number of unbranched alkanes of at least 4 members (excludes halogenated alkanes) is 1. The first-order valence-corrected chi connectivity index (χ1v) is 10.2. The molecular weight excluding hydrogens is 483 g/mol. The van der Waals surface area contributed by atoms with Gasteiger partial charge in [0, 0.05) is 45.5 Å². The van der Waals surface area contributed by atoms with Gasteiger partial charge in [-0.25, -0.2) is 0 Å². The van der Waals surface area contributed by atoms with E-state index in [1.165, 1.54) is 0 Å². The fourth-order valence-corrected chi connectivity index (χ4v) is 2.83. The maximum Gasteiger partial charge on any atom is 0.251 e. The third kappa shape index (κ3) is 10.3. The highest BCUT2D eigenvalue weighted by molar-refractivity contribution is 14.0. The number of hydrogen-bond donors (Lipinski definition) is 3. The molecule has 1 aliphatic rings. The molecule has 1 unspecified atom stereocenters. The van der Waals surface area contributed by atoms with Crippen LogP contribution in [0.5, 0.6) is 0 Å². The molecule has 0 aliphatic carbocycles. The van der Waals surface area contributed by atoms with Gasteiger partial charge in [0.05, 0.1) is 12.7 Å². The van der Waals surface area contributed by atoms with Crippen molar-refractivity contribution in [3.63, 3.8) is 0 Å². The normalized spacial score (nSPS) is 16.2. The van der Waals surface area contributed by atoms with E-state index in [1.807, 2.05) is 24.3 Å². The molecule has 3 N–H and O–H groups in total. The topological polar surface area (TPSA) is 84.0 Å². The number of halogens is 1. The van der Waals surface area contributed by atoms with Crippen LogP contribution in [0.4, 0.5) is 0 Å². The minimum atomic E-state index is -0.0168. The summed E-state index contributed by atoms with van der Waals surface area (Å²) in [5.74, 6) is 0.738. The third-order valence-corrected chi connectivity index (χ3v) is 4.57. The van der Waals surface area contributed by atoms with E-state index in [0.29, 0.717) is 12.1 Å². The van der Waals surface area contributed by atoms with Crippen LogP contribution in [-0.2, 0) is 16.0 Å². The molecule has 0 aromatic heterocycles. The Morgan fingerprint density at radius 3 is 2.59 bits per heavy atom. The SMILES string of the molecule is CCCCNC(=O)c1ccc(CNC(=NC)NCCCOC2CCOC2)cc1.I. The first kappa shape index (κ1) is 25.6. The minimum Gasteiger partial charge on any atom is -0.379 e. The van der Waals surface area contributed by atoms with Crippen molar-refractivity contribution in [1.29, 1.82) is 0 Å². The van der Waals surface area contributed by atoms with Crippen molar-refractivity contribution in [3.8, 4) is 0 Å². The summed E-state index contributed by atoms with van der Waals surface area (Å²) in [5.41, 5.74) is 1.78. The largest absolute Gasteiger partial charge is 0.379 e. The highest BCUT2D eigenvalue weighted by atomic mass is 127. The Bertz CT molecular complexity index is 604. The standard InChI is InChI=1S/C21H34N4O3.HI/c1-3-4-11-23-20(26)18-8-6-17(7-9-18)15-25-21(22-2)24-12-5-13-28-19-10-14-27-16-19;/h6-9,19H,3-5,10-16H2,1-2H3,(H,23,26)(H2,22,24,25);1H. The number of amides is 1. The number of aliphatic imine (C=N–C) groups is 1. The Kier molecular flexibility index (Phi) is 13.7. The number of rotatable bonds is 11. The molecule has 1 saturated heterocycles. The van der Waals surface area contributed by atoms with Crippen LogP contribution >= 0.6 is 24.0 Å². The molecule has 1 aliphatic heterocycles. The van der Waals surface area contributed by atoms with Crippen molar-refractivity contribution >= 4 is 35.8 Å². The van der Waals surface area contributed by atoms with E-state index in [-0.39, 0.29) is 36.0 Å². The second-order valence-corrected chi connectivity index (χ2v) is 6.87. The van der Waals surface area contributed by atoms with E-state index < -0.39 is 0 Å². The maximum absolute atomic E-state index is 12.0. The fraction of sp³-hybridized carbons (Fsp3) is 0.619. The Morgan fingerprint density at radius 2 is 1.93 bits per heavy atom. The lowest BCUT2D eigenvalue weighted by Gasteiger charge is -2.13. The molecule has 1 amide bonds. The summed E-state index contributed by atoms with van der Waals surface area (Å²) < 4.78 is 11.0. The summed E-state index contributed by atoms with van der Waals surface area (Å²) in [6.45, 7) is 6.52. The van der Waals surface area contributed by atoms with E-state index in [9.17, 15) is 4.79 Å². The van der Waals surface area contributed by atoms with E-state index in [4.69, 9.17) is 9.47 Å². The van der Waals surface area contributed by atoms with Crippen LogP contribution in [0.2, 0.25) is 0 Å². The summed E-state index contributed by atoms with van der Waals surface area (Å²) in [6.07, 6.45) is 4.24. The Morgan fingerprint density at radius 1 is 1.17 bits per heavy atom. The highest BCUT2D eigenvalue weighted by Crippen LogP contribution is 2.08. The molecule has 29 heavy (non-hydrogen) atoms. The van der Waals surface area contributed by atoms with Crippen molar-refractivity contribution in [1.82, 2.24) is 16.0 Å². The average Bonchev–Trinajstić information content (AvgIpc) is 3.24. The van der Waals surface area contributed by atoms with Gasteiger partial charge in [-0.05, 0) is 37.0 Å². The van der Waals surface area contributed by atoms with Gasteiger partial charge in [-0.1, -0.05) is 25.5 Å². The number of guanidine groups is 1. The first-order valence-electron chi connectivity index (χ1n) is 10.2. The lowest BCUT2D eigenvalue weighted by molar-refractivity contribution is 0.0420. The number of benzene rings is 1. The van der Waals surface area contributed by atoms with Crippen LogP contribution in [0.3, 0.4) is 0 Å². The molecule has 0 saturated carbocycles. The molecular formula is C21H35IN4O3. The Labute approximate surface area is 191 Å². The summed E-state index contributed by atoms with van der Waals surface area (Å²) >= 11 is 0. The van der Waals surface area contributed by atoms with E-state index in [2.05, 4.69) is 27.9 Å². The highest BCUT2D eigenvalue weighted by Gasteiger charge is 2.15. The third-order valence-electron chi connectivity index (χ3n) is 4.57. The van der Waals surface area contributed by atoms with E-state index in [1.54, 1.807) is 7.05 Å². The molecule has 8 heteroatoms. The van der Waals surface area contributed by atoms with Gasteiger partial charge in [0.1, 0.15) is 0 Å². The molecule has 1 fully saturated rings. The number of hydrogen-bond acceptors (Lipinski definition) is 4. The van der Waals surface area contributed by atoms with Crippen molar-refractivity contribution in [2.45, 2.75) is 45.3 Å². The van der Waals surface area contributed by atoms with Gasteiger partial charge in [0.25, 0.3) is 5.91 Å². The number of carbonyl (C=O) groups is 1. The quantitative estimate of drug-likeness (QED) is 0.182. The van der Waals surface area contributed by atoms with Crippen LogP contribution in [0.1, 0.15) is 48.5 Å². The summed E-state index contributed by atoms with van der Waals surface area (Å²) in [5, 5.41) is 9.50. The number of carbonyl (C=O) groups excluding carboxylic acids is 1. The van der Waals surface area contributed by atoms with Crippen LogP contribution in [0.25, 0.3) is 0 Å². The molecule has 7 nitrogen and oxygen atoms in total. The van der Waals surface area contributed by atoms with E-state index in [0.717, 1.165) is 70.1 Å². The predicted molar refractivity (Wildman–Crippen MR) is 127 cm³/mol. The van der Waals surface area contributed by atoms with Crippen molar-refractivity contribution in [3.05, 3.63) is 35.4 Å². The van der Waals surface area contributed by atoms with Crippen LogP contribution in [0, 0.1) is 0 Å². The average molecular weight is 518 g/mol. The number of nitrogens with zero attached hydrogens (tertiary/aromatic N) is 1. The van der Waals surface area contributed by atoms with Gasteiger partial charge < -0.3 is 25.4 Å². The molecule has 1 aromatic rings. The lowest BCUT2D eigenvalue weighted by atomic mass is 10.1. The summed E-state index contributed by atoms with van der Waals surface area (Å²) in [4.78, 5) is 16.3. The number of ether oxygens (including phenoxy) is 2. The van der Waals surface area contributed by atoms with Crippen molar-refractivity contribution in [2.24, 2.45) is 4.99 Å². The second kappa shape index (κ2) is 15.4. The predicted octanol–water partition coefficient (Wildman–Crippen LogP) is 2.70. The van der Waals surface area contributed by atoms with Gasteiger partial charge in [-0.2, -0.15) is 0 Å². The smallest absolute Gasteiger partial charge is 0.251 e. The zero-order valence-corrected chi connectivity index (χ0v) is 19.9. The first-order chi connectivity index (χ1) is 13.7.